The number of esters is 1. The Balaban J connectivity index is 4.68. The maximum absolute atomic E-state index is 11.5. The predicted octanol–water partition coefficient (Wildman–Crippen LogP) is 3.29. The van der Waals surface area contributed by atoms with E-state index in [-0.39, 0.29) is 30.7 Å². The molecular formula is C17H34O5. The number of aliphatic hydroxyl groups excluding tert-OH is 1. The second-order valence-corrected chi connectivity index (χ2v) is 5.90. The van der Waals surface area contributed by atoms with Gasteiger partial charge in [-0.05, 0) is 31.1 Å². The van der Waals surface area contributed by atoms with E-state index < -0.39 is 6.29 Å². The minimum atomic E-state index is -0.629. The predicted molar refractivity (Wildman–Crippen MR) is 86.5 cm³/mol. The second-order valence-electron chi connectivity index (χ2n) is 5.90. The molecule has 0 saturated heterocycles. The Bertz CT molecular complexity index is 289. The first kappa shape index (κ1) is 21.4. The van der Waals surface area contributed by atoms with E-state index in [1.54, 1.807) is 0 Å². The lowest BCUT2D eigenvalue weighted by atomic mass is 9.79. The van der Waals surface area contributed by atoms with E-state index >= 15 is 0 Å². The van der Waals surface area contributed by atoms with Crippen LogP contribution >= 0.6 is 0 Å². The summed E-state index contributed by atoms with van der Waals surface area (Å²) in [4.78, 5) is 11.5. The maximum atomic E-state index is 11.5. The van der Waals surface area contributed by atoms with Gasteiger partial charge in [-0.2, -0.15) is 0 Å². The molecule has 5 nitrogen and oxygen atoms in total. The zero-order valence-corrected chi connectivity index (χ0v) is 14.9. The average Bonchev–Trinajstić information content (AvgIpc) is 2.53. The number of carbonyl (C=O) groups excluding carboxylic acids is 1. The van der Waals surface area contributed by atoms with Gasteiger partial charge in [0.25, 0.3) is 0 Å². The lowest BCUT2D eigenvalue weighted by molar-refractivity contribution is -0.225. The van der Waals surface area contributed by atoms with Crippen LogP contribution in [0.3, 0.4) is 0 Å². The first-order chi connectivity index (χ1) is 10.5. The van der Waals surface area contributed by atoms with Gasteiger partial charge in [0, 0.05) is 13.0 Å². The zero-order chi connectivity index (χ0) is 17.0. The highest BCUT2D eigenvalue weighted by atomic mass is 16.7. The number of aliphatic hydroxyl groups is 1. The summed E-state index contributed by atoms with van der Waals surface area (Å²) in [6.07, 6.45) is 2.82. The molecule has 0 saturated carbocycles. The monoisotopic (exact) mass is 318 g/mol. The quantitative estimate of drug-likeness (QED) is 0.417. The standard InChI is InChI=1S/C17H34O5/c1-6-10-15(19)21-13-16(20-11-7-2)22-14(12-18)17(5,8-3)9-4/h14,16,18H,6-13H2,1-5H3. The summed E-state index contributed by atoms with van der Waals surface area (Å²) in [7, 11) is 0. The van der Waals surface area contributed by atoms with Gasteiger partial charge in [0.2, 0.25) is 0 Å². The third-order valence-corrected chi connectivity index (χ3v) is 4.22. The molecule has 0 bridgehead atoms. The molecule has 0 aliphatic carbocycles. The van der Waals surface area contributed by atoms with Crippen molar-refractivity contribution < 1.29 is 24.1 Å². The van der Waals surface area contributed by atoms with Crippen molar-refractivity contribution in [2.24, 2.45) is 5.41 Å². The molecule has 5 heteroatoms. The summed E-state index contributed by atoms with van der Waals surface area (Å²) >= 11 is 0. The molecule has 0 aromatic rings. The summed E-state index contributed by atoms with van der Waals surface area (Å²) < 4.78 is 16.8. The van der Waals surface area contributed by atoms with Crippen LogP contribution in [0.4, 0.5) is 0 Å². The Morgan fingerprint density at radius 1 is 1.14 bits per heavy atom. The molecule has 0 radical (unpaired) electrons. The van der Waals surface area contributed by atoms with Crippen molar-refractivity contribution in [3.8, 4) is 0 Å². The van der Waals surface area contributed by atoms with E-state index in [0.717, 1.165) is 25.7 Å². The molecule has 0 fully saturated rings. The molecule has 0 rings (SSSR count). The Morgan fingerprint density at radius 2 is 1.77 bits per heavy atom. The summed E-state index contributed by atoms with van der Waals surface area (Å²) in [5.74, 6) is -0.245. The van der Waals surface area contributed by atoms with Crippen LogP contribution in [0, 0.1) is 5.41 Å². The molecule has 132 valence electrons. The maximum Gasteiger partial charge on any atom is 0.305 e. The number of hydrogen-bond donors (Lipinski definition) is 1. The molecular weight excluding hydrogens is 284 g/mol. The molecule has 0 aromatic carbocycles. The van der Waals surface area contributed by atoms with Crippen LogP contribution in [0.25, 0.3) is 0 Å². The highest BCUT2D eigenvalue weighted by molar-refractivity contribution is 5.69. The molecule has 0 amide bonds. The van der Waals surface area contributed by atoms with Crippen LogP contribution in [-0.2, 0) is 19.0 Å². The average molecular weight is 318 g/mol. The third kappa shape index (κ3) is 7.56. The molecule has 2 unspecified atom stereocenters. The fourth-order valence-electron chi connectivity index (χ4n) is 2.13. The van der Waals surface area contributed by atoms with Crippen molar-refractivity contribution in [1.82, 2.24) is 0 Å². The SMILES string of the molecule is CCCOC(COC(=O)CCC)OC(CO)C(C)(CC)CC. The van der Waals surface area contributed by atoms with Crippen molar-refractivity contribution in [2.75, 3.05) is 19.8 Å². The van der Waals surface area contributed by atoms with Gasteiger partial charge in [0.1, 0.15) is 6.61 Å². The van der Waals surface area contributed by atoms with Gasteiger partial charge in [-0.15, -0.1) is 0 Å². The molecule has 0 aliphatic rings. The topological polar surface area (TPSA) is 65.0 Å². The minimum absolute atomic E-state index is 0.0683. The van der Waals surface area contributed by atoms with Crippen molar-refractivity contribution >= 4 is 5.97 Å². The van der Waals surface area contributed by atoms with Gasteiger partial charge in [0.05, 0.1) is 12.7 Å². The number of ether oxygens (including phenoxy) is 3. The molecule has 0 spiro atoms. The molecule has 0 heterocycles. The van der Waals surface area contributed by atoms with Crippen molar-refractivity contribution in [3.05, 3.63) is 0 Å². The van der Waals surface area contributed by atoms with Gasteiger partial charge in [-0.1, -0.05) is 34.6 Å². The van der Waals surface area contributed by atoms with Gasteiger partial charge < -0.3 is 19.3 Å². The molecule has 22 heavy (non-hydrogen) atoms. The Labute approximate surface area is 135 Å². The van der Waals surface area contributed by atoms with Crippen molar-refractivity contribution in [3.63, 3.8) is 0 Å². The smallest absolute Gasteiger partial charge is 0.305 e. The van der Waals surface area contributed by atoms with Gasteiger partial charge in [-0.25, -0.2) is 0 Å². The van der Waals surface area contributed by atoms with Crippen molar-refractivity contribution in [1.29, 1.82) is 0 Å². The highest BCUT2D eigenvalue weighted by Crippen LogP contribution is 2.32. The van der Waals surface area contributed by atoms with E-state index in [9.17, 15) is 9.90 Å². The summed E-state index contributed by atoms with van der Waals surface area (Å²) in [5.41, 5.74) is -0.129. The number of rotatable bonds is 13. The van der Waals surface area contributed by atoms with Crippen LogP contribution in [-0.4, -0.2) is 43.3 Å². The minimum Gasteiger partial charge on any atom is -0.460 e. The first-order valence-corrected chi connectivity index (χ1v) is 8.50. The number of hydrogen-bond acceptors (Lipinski definition) is 5. The van der Waals surface area contributed by atoms with Gasteiger partial charge >= 0.3 is 5.97 Å². The summed E-state index contributed by atoms with van der Waals surface area (Å²) in [6.45, 7) is 10.7. The third-order valence-electron chi connectivity index (χ3n) is 4.22. The Hall–Kier alpha value is -0.650. The van der Waals surface area contributed by atoms with E-state index in [4.69, 9.17) is 14.2 Å². The van der Waals surface area contributed by atoms with Crippen LogP contribution < -0.4 is 0 Å². The number of carbonyl (C=O) groups is 1. The van der Waals surface area contributed by atoms with E-state index in [0.29, 0.717) is 13.0 Å². The van der Waals surface area contributed by atoms with E-state index in [1.807, 2.05) is 13.8 Å². The van der Waals surface area contributed by atoms with Crippen LogP contribution in [0.5, 0.6) is 0 Å². The summed E-state index contributed by atoms with van der Waals surface area (Å²) in [6, 6.07) is 0. The first-order valence-electron chi connectivity index (χ1n) is 8.50. The fraction of sp³-hybridized carbons (Fsp3) is 0.941. The molecule has 0 aromatic heterocycles. The Morgan fingerprint density at radius 3 is 2.23 bits per heavy atom. The molecule has 0 aliphatic heterocycles. The lowest BCUT2D eigenvalue weighted by Gasteiger charge is -2.37. The highest BCUT2D eigenvalue weighted by Gasteiger charge is 2.33. The second kappa shape index (κ2) is 11.9. The van der Waals surface area contributed by atoms with Crippen LogP contribution in [0.1, 0.15) is 66.7 Å². The largest absolute Gasteiger partial charge is 0.460 e. The van der Waals surface area contributed by atoms with Gasteiger partial charge in [0.15, 0.2) is 6.29 Å². The van der Waals surface area contributed by atoms with E-state index in [1.165, 1.54) is 0 Å². The molecule has 2 atom stereocenters. The van der Waals surface area contributed by atoms with Gasteiger partial charge in [-0.3, -0.25) is 4.79 Å². The van der Waals surface area contributed by atoms with E-state index in [2.05, 4.69) is 20.8 Å². The van der Waals surface area contributed by atoms with Crippen molar-refractivity contribution in [2.45, 2.75) is 79.1 Å². The van der Waals surface area contributed by atoms with Crippen LogP contribution in [0.2, 0.25) is 0 Å². The molecule has 1 N–H and O–H groups in total. The lowest BCUT2D eigenvalue weighted by Crippen LogP contribution is -2.41. The Kier molecular flexibility index (Phi) is 11.5. The fourth-order valence-corrected chi connectivity index (χ4v) is 2.13. The summed E-state index contributed by atoms with van der Waals surface area (Å²) in [5, 5.41) is 9.67. The van der Waals surface area contributed by atoms with Crippen LogP contribution in [0.15, 0.2) is 0 Å². The zero-order valence-electron chi connectivity index (χ0n) is 14.9. The normalized spacial score (nSPS) is 14.6.